The molecule has 0 bridgehead atoms. The Hall–Kier alpha value is -1.29. The van der Waals surface area contributed by atoms with Crippen molar-refractivity contribution in [3.05, 3.63) is 36.4 Å². The van der Waals surface area contributed by atoms with Crippen LogP contribution in [-0.4, -0.2) is 10.9 Å². The van der Waals surface area contributed by atoms with Crippen molar-refractivity contribution >= 4 is 22.5 Å². The summed E-state index contributed by atoms with van der Waals surface area (Å²) in [5, 5.41) is 11.0. The summed E-state index contributed by atoms with van der Waals surface area (Å²) < 4.78 is 24.6. The lowest BCUT2D eigenvalue weighted by molar-refractivity contribution is 0.252. The van der Waals surface area contributed by atoms with Crippen LogP contribution < -0.4 is 0 Å². The fourth-order valence-electron chi connectivity index (χ4n) is 1.44. The second-order valence-electron chi connectivity index (χ2n) is 3.01. The van der Waals surface area contributed by atoms with Gasteiger partial charge in [0.15, 0.2) is 0 Å². The van der Waals surface area contributed by atoms with Crippen LogP contribution in [0.1, 0.15) is 0 Å². The normalized spacial score (nSPS) is 11.1. The molecule has 0 saturated heterocycles. The number of alkyl halides is 2. The topological polar surface area (TPSA) is 20.2 Å². The maximum atomic E-state index is 12.3. The van der Waals surface area contributed by atoms with Gasteiger partial charge in [0.1, 0.15) is 5.75 Å². The highest BCUT2D eigenvalue weighted by Crippen LogP contribution is 2.38. The van der Waals surface area contributed by atoms with Crippen molar-refractivity contribution in [3.8, 4) is 5.75 Å². The Bertz CT molecular complexity index is 485. The molecular weight excluding hydrogens is 218 g/mol. The Labute approximate surface area is 89.7 Å². The van der Waals surface area contributed by atoms with Gasteiger partial charge >= 0.3 is 0 Å². The summed E-state index contributed by atoms with van der Waals surface area (Å²) in [6.45, 7) is 0. The van der Waals surface area contributed by atoms with Crippen molar-refractivity contribution in [2.45, 2.75) is 10.7 Å². The molecule has 2 rings (SSSR count). The van der Waals surface area contributed by atoms with Gasteiger partial charge in [-0.3, -0.25) is 0 Å². The van der Waals surface area contributed by atoms with Crippen LogP contribution in [0, 0.1) is 0 Å². The molecule has 0 aliphatic carbocycles. The van der Waals surface area contributed by atoms with Crippen molar-refractivity contribution in [2.24, 2.45) is 0 Å². The minimum Gasteiger partial charge on any atom is -0.507 e. The molecule has 2 aromatic carbocycles. The maximum Gasteiger partial charge on any atom is 0.289 e. The Morgan fingerprint density at radius 3 is 2.53 bits per heavy atom. The van der Waals surface area contributed by atoms with Gasteiger partial charge in [-0.05, 0) is 16.8 Å². The van der Waals surface area contributed by atoms with Gasteiger partial charge in [0.2, 0.25) is 0 Å². The second-order valence-corrected chi connectivity index (χ2v) is 4.01. The van der Waals surface area contributed by atoms with Crippen LogP contribution in [0.4, 0.5) is 8.78 Å². The lowest BCUT2D eigenvalue weighted by atomic mass is 10.1. The minimum atomic E-state index is -2.53. The standard InChI is InChI=1S/C11H8F2OS/c12-11(13)15-10-8-4-2-1-3-7(8)5-6-9(10)14/h1-6,11,14H. The quantitative estimate of drug-likeness (QED) is 0.784. The zero-order chi connectivity index (χ0) is 10.8. The summed E-state index contributed by atoms with van der Waals surface area (Å²) in [7, 11) is 0. The second kappa shape index (κ2) is 4.06. The van der Waals surface area contributed by atoms with E-state index in [9.17, 15) is 13.9 Å². The zero-order valence-corrected chi connectivity index (χ0v) is 8.47. The van der Waals surface area contributed by atoms with Gasteiger partial charge in [0.25, 0.3) is 5.76 Å². The number of benzene rings is 2. The van der Waals surface area contributed by atoms with E-state index >= 15 is 0 Å². The van der Waals surface area contributed by atoms with E-state index in [1.165, 1.54) is 6.07 Å². The molecule has 0 unspecified atom stereocenters. The number of fused-ring (bicyclic) bond motifs is 1. The molecule has 0 spiro atoms. The van der Waals surface area contributed by atoms with Crippen molar-refractivity contribution in [1.29, 1.82) is 0 Å². The number of phenols is 1. The fourth-order valence-corrected chi connectivity index (χ4v) is 2.12. The van der Waals surface area contributed by atoms with E-state index in [2.05, 4.69) is 0 Å². The predicted molar refractivity (Wildman–Crippen MR) is 57.5 cm³/mol. The highest BCUT2D eigenvalue weighted by molar-refractivity contribution is 7.99. The lowest BCUT2D eigenvalue weighted by Gasteiger charge is -2.07. The van der Waals surface area contributed by atoms with Gasteiger partial charge in [-0.15, -0.1) is 0 Å². The van der Waals surface area contributed by atoms with Crippen LogP contribution >= 0.6 is 11.8 Å². The molecule has 0 atom stereocenters. The predicted octanol–water partition coefficient (Wildman–Crippen LogP) is 3.86. The molecule has 0 aliphatic heterocycles. The van der Waals surface area contributed by atoms with Crippen LogP contribution in [0.25, 0.3) is 10.8 Å². The third-order valence-electron chi connectivity index (χ3n) is 2.07. The Kier molecular flexibility index (Phi) is 2.77. The summed E-state index contributed by atoms with van der Waals surface area (Å²) in [5.74, 6) is -2.62. The summed E-state index contributed by atoms with van der Waals surface area (Å²) in [6.07, 6.45) is 0. The average Bonchev–Trinajstić information content (AvgIpc) is 2.22. The highest BCUT2D eigenvalue weighted by atomic mass is 32.2. The van der Waals surface area contributed by atoms with E-state index < -0.39 is 5.76 Å². The molecule has 78 valence electrons. The molecule has 0 heterocycles. The molecule has 0 amide bonds. The molecule has 4 heteroatoms. The highest BCUT2D eigenvalue weighted by Gasteiger charge is 2.12. The Morgan fingerprint density at radius 1 is 1.07 bits per heavy atom. The maximum absolute atomic E-state index is 12.3. The first kappa shape index (κ1) is 10.2. The molecule has 0 radical (unpaired) electrons. The molecule has 1 N–H and O–H groups in total. The van der Waals surface area contributed by atoms with E-state index in [0.717, 1.165) is 5.39 Å². The molecule has 2 aromatic rings. The zero-order valence-electron chi connectivity index (χ0n) is 7.65. The van der Waals surface area contributed by atoms with Crippen molar-refractivity contribution in [1.82, 2.24) is 0 Å². The number of thioether (sulfide) groups is 1. The molecule has 0 saturated carbocycles. The number of rotatable bonds is 2. The van der Waals surface area contributed by atoms with Gasteiger partial charge < -0.3 is 5.11 Å². The third-order valence-corrected chi connectivity index (χ3v) is 2.91. The first-order chi connectivity index (χ1) is 7.18. The molecule has 15 heavy (non-hydrogen) atoms. The minimum absolute atomic E-state index is 0.0981. The van der Waals surface area contributed by atoms with E-state index in [0.29, 0.717) is 17.1 Å². The number of hydrogen-bond acceptors (Lipinski definition) is 2. The van der Waals surface area contributed by atoms with Gasteiger partial charge in [-0.2, -0.15) is 8.78 Å². The Morgan fingerprint density at radius 2 is 1.80 bits per heavy atom. The van der Waals surface area contributed by atoms with Crippen LogP contribution in [-0.2, 0) is 0 Å². The molecular formula is C11H8F2OS. The van der Waals surface area contributed by atoms with Crippen LogP contribution in [0.3, 0.4) is 0 Å². The largest absolute Gasteiger partial charge is 0.507 e. The lowest BCUT2D eigenvalue weighted by Crippen LogP contribution is -1.84. The van der Waals surface area contributed by atoms with E-state index in [1.54, 1.807) is 18.2 Å². The van der Waals surface area contributed by atoms with Gasteiger partial charge in [0.05, 0.1) is 4.90 Å². The Balaban J connectivity index is 2.63. The molecule has 0 fully saturated rings. The van der Waals surface area contributed by atoms with Crippen LogP contribution in [0.5, 0.6) is 5.75 Å². The summed E-state index contributed by atoms with van der Waals surface area (Å²) in [6, 6.07) is 10.3. The van der Waals surface area contributed by atoms with E-state index in [-0.39, 0.29) is 10.6 Å². The van der Waals surface area contributed by atoms with Crippen LogP contribution in [0.15, 0.2) is 41.3 Å². The number of hydrogen-bond donors (Lipinski definition) is 1. The molecule has 0 aromatic heterocycles. The smallest absolute Gasteiger partial charge is 0.289 e. The summed E-state index contributed by atoms with van der Waals surface area (Å²) >= 11 is 0.371. The summed E-state index contributed by atoms with van der Waals surface area (Å²) in [5.41, 5.74) is 0. The van der Waals surface area contributed by atoms with Gasteiger partial charge in [-0.25, -0.2) is 0 Å². The van der Waals surface area contributed by atoms with Crippen molar-refractivity contribution < 1.29 is 13.9 Å². The molecule has 1 nitrogen and oxygen atoms in total. The van der Waals surface area contributed by atoms with Crippen molar-refractivity contribution in [2.75, 3.05) is 0 Å². The number of aromatic hydroxyl groups is 1. The molecule has 0 aliphatic rings. The third kappa shape index (κ3) is 2.04. The van der Waals surface area contributed by atoms with Gasteiger partial charge in [0, 0.05) is 0 Å². The van der Waals surface area contributed by atoms with Gasteiger partial charge in [-0.1, -0.05) is 42.1 Å². The number of halogens is 2. The summed E-state index contributed by atoms with van der Waals surface area (Å²) in [4.78, 5) is 0.239. The van der Waals surface area contributed by atoms with E-state index in [4.69, 9.17) is 0 Å². The fraction of sp³-hybridized carbons (Fsp3) is 0.0909. The van der Waals surface area contributed by atoms with Crippen molar-refractivity contribution in [3.63, 3.8) is 0 Å². The first-order valence-corrected chi connectivity index (χ1v) is 5.22. The van der Waals surface area contributed by atoms with Crippen LogP contribution in [0.2, 0.25) is 0 Å². The van der Waals surface area contributed by atoms with E-state index in [1.807, 2.05) is 12.1 Å². The average molecular weight is 226 g/mol. The number of phenolic OH excluding ortho intramolecular Hbond substituents is 1. The SMILES string of the molecule is Oc1ccc2ccccc2c1SC(F)F. The first-order valence-electron chi connectivity index (χ1n) is 4.34. The monoisotopic (exact) mass is 226 g/mol.